The van der Waals surface area contributed by atoms with E-state index in [4.69, 9.17) is 15.3 Å². The Morgan fingerprint density at radius 2 is 1.40 bits per heavy atom. The van der Waals surface area contributed by atoms with Crippen LogP contribution in [0.3, 0.4) is 0 Å². The van der Waals surface area contributed by atoms with Crippen molar-refractivity contribution in [2.75, 3.05) is 0 Å². The van der Waals surface area contributed by atoms with E-state index in [1.807, 2.05) is 0 Å². The van der Waals surface area contributed by atoms with Gasteiger partial charge in [0.2, 0.25) is 0 Å². The van der Waals surface area contributed by atoms with Crippen molar-refractivity contribution in [3.05, 3.63) is 15.3 Å². The van der Waals surface area contributed by atoms with Crippen LogP contribution in [0, 0.1) is 15.3 Å². The largest absolute Gasteiger partial charge is 1.00 e. The molecule has 0 aliphatic rings. The van der Waals surface area contributed by atoms with Crippen molar-refractivity contribution in [1.29, 1.82) is 0 Å². The molecule has 0 amide bonds. The molecule has 0 bridgehead atoms. The van der Waals surface area contributed by atoms with Gasteiger partial charge in [0.25, 0.3) is 0 Å². The molecule has 0 rings (SSSR count). The Kier molecular flexibility index (Phi) is 6.52. The second-order valence-corrected chi connectivity index (χ2v) is 0.224. The van der Waals surface area contributed by atoms with Gasteiger partial charge in [0.1, 0.15) is 0 Å². The minimum absolute atomic E-state index is 0. The van der Waals surface area contributed by atoms with Crippen LogP contribution in [0.5, 0.6) is 0 Å². The van der Waals surface area contributed by atoms with Crippen LogP contribution in [0.2, 0.25) is 0 Å². The molecular formula is NNiO3. The van der Waals surface area contributed by atoms with Crippen molar-refractivity contribution in [2.24, 2.45) is 0 Å². The fraction of sp³-hybridized carbons (Fsp3) is 0. The van der Waals surface area contributed by atoms with E-state index in [9.17, 15) is 0 Å². The van der Waals surface area contributed by atoms with Crippen molar-refractivity contribution >= 4 is 0 Å². The van der Waals surface area contributed by atoms with Crippen LogP contribution >= 0.6 is 0 Å². The van der Waals surface area contributed by atoms with Gasteiger partial charge in [0, 0.05) is 0 Å². The summed E-state index contributed by atoms with van der Waals surface area (Å²) in [5.74, 6) is 0. The Morgan fingerprint density at radius 1 is 1.40 bits per heavy atom. The molecule has 1 radical (unpaired) electrons. The number of rotatable bonds is 0. The Bertz CT molecular complexity index is 29.9. The topological polar surface area (TPSA) is 66.2 Å². The molecule has 33 valence electrons. The molecular weight excluding hydrogens is 121 g/mol. The summed E-state index contributed by atoms with van der Waals surface area (Å²) in [4.78, 5) is 8.25. The van der Waals surface area contributed by atoms with Crippen LogP contribution in [0.25, 0.3) is 0 Å². The molecule has 0 aromatic heterocycles. The van der Waals surface area contributed by atoms with E-state index in [-0.39, 0.29) is 16.5 Å². The average Bonchev–Trinajstić information content (AvgIpc) is 0.811. The van der Waals surface area contributed by atoms with E-state index < -0.39 is 5.09 Å². The third-order valence-electron chi connectivity index (χ3n) is 0. The molecule has 0 fully saturated rings. The Morgan fingerprint density at radius 3 is 1.40 bits per heavy atom. The number of nitrogens with zero attached hydrogens (tertiary/aromatic N) is 1. The Labute approximate surface area is 37.8 Å². The van der Waals surface area contributed by atoms with Gasteiger partial charge in [0.15, 0.2) is 0 Å². The first kappa shape index (κ1) is 8.83. The van der Waals surface area contributed by atoms with E-state index in [0.29, 0.717) is 0 Å². The first-order chi connectivity index (χ1) is 1.73. The summed E-state index contributed by atoms with van der Waals surface area (Å²) in [6, 6.07) is 0. The molecule has 5 heavy (non-hydrogen) atoms. The summed E-state index contributed by atoms with van der Waals surface area (Å²) in [6.07, 6.45) is 0. The zero-order chi connectivity index (χ0) is 3.58. The zero-order valence-corrected chi connectivity index (χ0v) is 2.98. The molecule has 0 aromatic rings. The summed E-state index contributed by atoms with van der Waals surface area (Å²) >= 11 is 0. The van der Waals surface area contributed by atoms with E-state index in [1.54, 1.807) is 0 Å². The average molecular weight is 121 g/mol. The molecule has 0 N–H and O–H groups in total. The zero-order valence-electron chi connectivity index (χ0n) is 1.99. The summed E-state index contributed by atoms with van der Waals surface area (Å²) in [5.41, 5.74) is 0. The van der Waals surface area contributed by atoms with Gasteiger partial charge in [-0.05, 0) is 0 Å². The minimum Gasteiger partial charge on any atom is -0.356 e. The van der Waals surface area contributed by atoms with Crippen LogP contribution in [0.1, 0.15) is 0 Å². The van der Waals surface area contributed by atoms with Crippen molar-refractivity contribution in [3.63, 3.8) is 0 Å². The van der Waals surface area contributed by atoms with E-state index in [2.05, 4.69) is 0 Å². The summed E-state index contributed by atoms with van der Waals surface area (Å²) in [7, 11) is 0. The fourth-order valence-electron chi connectivity index (χ4n) is 0. The molecule has 0 aliphatic carbocycles. The maximum Gasteiger partial charge on any atom is 1.00 e. The second kappa shape index (κ2) is 3.69. The van der Waals surface area contributed by atoms with Crippen LogP contribution in [0.4, 0.5) is 0 Å². The maximum absolute atomic E-state index is 8.25. The molecule has 0 unspecified atom stereocenters. The molecule has 0 saturated carbocycles. The Balaban J connectivity index is 0. The van der Waals surface area contributed by atoms with Gasteiger partial charge in [-0.25, -0.2) is 0 Å². The van der Waals surface area contributed by atoms with Crippen LogP contribution in [0.15, 0.2) is 0 Å². The molecule has 0 heterocycles. The minimum atomic E-state index is -1.75. The second-order valence-electron chi connectivity index (χ2n) is 0.224. The summed E-state index contributed by atoms with van der Waals surface area (Å²) in [6.45, 7) is 0. The molecule has 0 atom stereocenters. The number of hydrogen-bond donors (Lipinski definition) is 0. The van der Waals surface area contributed by atoms with Gasteiger partial charge in [-0.3, -0.25) is 0 Å². The number of hydrogen-bond acceptors (Lipinski definition) is 3. The standard InChI is InChI=1S/NO3.Ni/c2-1(3)4;/q-1;+1. The first-order valence-electron chi connectivity index (χ1n) is 0.548. The van der Waals surface area contributed by atoms with Gasteiger partial charge in [-0.15, -0.1) is 0 Å². The van der Waals surface area contributed by atoms with Crippen LogP contribution < -0.4 is 0 Å². The Hall–Kier alpha value is -0.306. The third kappa shape index (κ3) is 113. The quantitative estimate of drug-likeness (QED) is 0.252. The van der Waals surface area contributed by atoms with Crippen LogP contribution in [-0.2, 0) is 16.5 Å². The smallest absolute Gasteiger partial charge is 0.356 e. The summed E-state index contributed by atoms with van der Waals surface area (Å²) < 4.78 is 0. The fourth-order valence-corrected chi connectivity index (χ4v) is 0. The van der Waals surface area contributed by atoms with E-state index in [0.717, 1.165) is 0 Å². The molecule has 5 heteroatoms. The van der Waals surface area contributed by atoms with E-state index >= 15 is 0 Å². The normalized spacial score (nSPS) is 4.80. The molecule has 0 aliphatic heterocycles. The predicted octanol–water partition coefficient (Wildman–Crippen LogP) is -0.242. The van der Waals surface area contributed by atoms with Gasteiger partial charge in [-0.1, -0.05) is 0 Å². The third-order valence-corrected chi connectivity index (χ3v) is 0. The van der Waals surface area contributed by atoms with Crippen molar-refractivity contribution in [1.82, 2.24) is 0 Å². The molecule has 0 spiro atoms. The molecule has 0 saturated heterocycles. The molecule has 0 aromatic carbocycles. The summed E-state index contributed by atoms with van der Waals surface area (Å²) in [5, 5.41) is 14.8. The van der Waals surface area contributed by atoms with E-state index in [1.165, 1.54) is 0 Å². The predicted molar refractivity (Wildman–Crippen MR) is 10.4 cm³/mol. The van der Waals surface area contributed by atoms with Crippen molar-refractivity contribution in [3.8, 4) is 0 Å². The van der Waals surface area contributed by atoms with Crippen LogP contribution in [-0.4, -0.2) is 5.09 Å². The van der Waals surface area contributed by atoms with Crippen molar-refractivity contribution in [2.45, 2.75) is 0 Å². The van der Waals surface area contributed by atoms with Gasteiger partial charge in [0.05, 0.1) is 5.09 Å². The van der Waals surface area contributed by atoms with Gasteiger partial charge >= 0.3 is 16.5 Å². The van der Waals surface area contributed by atoms with Crippen molar-refractivity contribution < 1.29 is 21.6 Å². The monoisotopic (exact) mass is 120 g/mol. The molecule has 4 nitrogen and oxygen atoms in total. The first-order valence-corrected chi connectivity index (χ1v) is 0.548. The maximum atomic E-state index is 8.25. The van der Waals surface area contributed by atoms with Gasteiger partial charge in [-0.2, -0.15) is 0 Å². The van der Waals surface area contributed by atoms with Gasteiger partial charge < -0.3 is 15.3 Å². The SMILES string of the molecule is O=[N+]([O-])[O-].[Ni+].